The predicted octanol–water partition coefficient (Wildman–Crippen LogP) is 1.39. The third-order valence-corrected chi connectivity index (χ3v) is 3.87. The first kappa shape index (κ1) is 14.3. The highest BCUT2D eigenvalue weighted by molar-refractivity contribution is 6.55. The summed E-state index contributed by atoms with van der Waals surface area (Å²) >= 11 is 0. The zero-order chi connectivity index (χ0) is 14.3. The van der Waals surface area contributed by atoms with Crippen LogP contribution in [0.2, 0.25) is 0 Å². The molecule has 1 saturated heterocycles. The van der Waals surface area contributed by atoms with Crippen LogP contribution in [-0.4, -0.2) is 34.6 Å². The van der Waals surface area contributed by atoms with E-state index in [-0.39, 0.29) is 11.2 Å². The van der Waals surface area contributed by atoms with Crippen LogP contribution in [0.5, 0.6) is 0 Å². The lowest BCUT2D eigenvalue weighted by molar-refractivity contribution is 0.00578. The Labute approximate surface area is 114 Å². The lowest BCUT2D eigenvalue weighted by Gasteiger charge is -2.32. The van der Waals surface area contributed by atoms with Crippen LogP contribution in [0.1, 0.15) is 33.3 Å². The number of hydrogen-bond acceptors (Lipinski definition) is 4. The smallest absolute Gasteiger partial charge is 0.400 e. The number of aromatic nitrogens is 2. The third-order valence-electron chi connectivity index (χ3n) is 3.87. The van der Waals surface area contributed by atoms with Gasteiger partial charge in [-0.15, -0.1) is 0 Å². The lowest BCUT2D eigenvalue weighted by Crippen LogP contribution is -2.41. The van der Waals surface area contributed by atoms with Crippen molar-refractivity contribution in [2.24, 2.45) is 12.8 Å². The molecule has 0 aliphatic carbocycles. The van der Waals surface area contributed by atoms with Crippen LogP contribution in [0.15, 0.2) is 17.9 Å². The molecular formula is C13H22BN3O2. The van der Waals surface area contributed by atoms with Crippen molar-refractivity contribution in [3.8, 4) is 0 Å². The monoisotopic (exact) mass is 263 g/mol. The molecule has 2 rings (SSSR count). The topological polar surface area (TPSA) is 62.3 Å². The summed E-state index contributed by atoms with van der Waals surface area (Å²) in [6, 6.07) is 0. The van der Waals surface area contributed by atoms with Gasteiger partial charge in [0.2, 0.25) is 0 Å². The average molecular weight is 263 g/mol. The van der Waals surface area contributed by atoms with Gasteiger partial charge in [0.1, 0.15) is 0 Å². The number of nitrogens with zero attached hydrogens (tertiary/aromatic N) is 2. The SMILES string of the molecule is Cn1cc(C=C(CN)B2OC(C)(C)C(C)(C)O2)cn1. The quantitative estimate of drug-likeness (QED) is 0.837. The van der Waals surface area contributed by atoms with E-state index in [0.29, 0.717) is 6.54 Å². The molecule has 0 atom stereocenters. The second kappa shape index (κ2) is 4.78. The van der Waals surface area contributed by atoms with Gasteiger partial charge in [0.15, 0.2) is 0 Å². The predicted molar refractivity (Wildman–Crippen MR) is 76.3 cm³/mol. The van der Waals surface area contributed by atoms with Gasteiger partial charge in [-0.3, -0.25) is 4.68 Å². The van der Waals surface area contributed by atoms with Crippen LogP contribution < -0.4 is 5.73 Å². The normalized spacial score (nSPS) is 22.0. The molecule has 6 heteroatoms. The summed E-state index contributed by atoms with van der Waals surface area (Å²) in [6.45, 7) is 8.53. The second-order valence-corrected chi connectivity index (χ2v) is 5.96. The molecule has 0 unspecified atom stereocenters. The zero-order valence-corrected chi connectivity index (χ0v) is 12.3. The number of rotatable bonds is 3. The largest absolute Gasteiger partial charge is 0.491 e. The first-order valence-electron chi connectivity index (χ1n) is 6.50. The highest BCUT2D eigenvalue weighted by Crippen LogP contribution is 2.38. The molecule has 1 aliphatic heterocycles. The van der Waals surface area contributed by atoms with E-state index in [4.69, 9.17) is 15.0 Å². The molecule has 1 aliphatic rings. The Kier molecular flexibility index (Phi) is 3.60. The Hall–Kier alpha value is -1.11. The van der Waals surface area contributed by atoms with Gasteiger partial charge in [-0.05, 0) is 33.2 Å². The summed E-state index contributed by atoms with van der Waals surface area (Å²) in [7, 11) is 1.49. The van der Waals surface area contributed by atoms with Gasteiger partial charge in [-0.25, -0.2) is 0 Å². The van der Waals surface area contributed by atoms with Crippen LogP contribution in [0.25, 0.3) is 6.08 Å². The van der Waals surface area contributed by atoms with Gasteiger partial charge in [-0.1, -0.05) is 6.08 Å². The Morgan fingerprint density at radius 2 is 1.95 bits per heavy atom. The molecule has 0 spiro atoms. The molecule has 1 aromatic rings. The molecule has 0 radical (unpaired) electrons. The number of hydrogen-bond donors (Lipinski definition) is 1. The van der Waals surface area contributed by atoms with Crippen LogP contribution in [0, 0.1) is 0 Å². The molecule has 0 amide bonds. The number of nitrogens with two attached hydrogens (primary N) is 1. The van der Waals surface area contributed by atoms with Crippen molar-refractivity contribution < 1.29 is 9.31 Å². The van der Waals surface area contributed by atoms with Crippen molar-refractivity contribution in [1.29, 1.82) is 0 Å². The van der Waals surface area contributed by atoms with E-state index >= 15 is 0 Å². The van der Waals surface area contributed by atoms with Crippen molar-refractivity contribution in [3.63, 3.8) is 0 Å². The van der Waals surface area contributed by atoms with E-state index in [0.717, 1.165) is 11.0 Å². The Balaban J connectivity index is 2.23. The molecule has 0 bridgehead atoms. The van der Waals surface area contributed by atoms with Crippen molar-refractivity contribution in [2.75, 3.05) is 6.54 Å². The molecule has 0 aromatic carbocycles. The third kappa shape index (κ3) is 2.75. The van der Waals surface area contributed by atoms with E-state index in [1.165, 1.54) is 0 Å². The van der Waals surface area contributed by atoms with Gasteiger partial charge in [-0.2, -0.15) is 5.10 Å². The van der Waals surface area contributed by atoms with Gasteiger partial charge in [0.25, 0.3) is 0 Å². The van der Waals surface area contributed by atoms with Crippen LogP contribution in [-0.2, 0) is 16.4 Å². The van der Waals surface area contributed by atoms with Crippen LogP contribution >= 0.6 is 0 Å². The maximum Gasteiger partial charge on any atom is 0.491 e. The minimum atomic E-state index is -0.393. The van der Waals surface area contributed by atoms with E-state index in [1.54, 1.807) is 10.9 Å². The van der Waals surface area contributed by atoms with Gasteiger partial charge < -0.3 is 15.0 Å². The van der Waals surface area contributed by atoms with Crippen molar-refractivity contribution >= 4 is 13.2 Å². The summed E-state index contributed by atoms with van der Waals surface area (Å²) in [5.41, 5.74) is 7.06. The molecule has 2 N–H and O–H groups in total. The first-order chi connectivity index (χ1) is 8.75. The van der Waals surface area contributed by atoms with E-state index in [9.17, 15) is 0 Å². The first-order valence-corrected chi connectivity index (χ1v) is 6.50. The molecule has 2 heterocycles. The fourth-order valence-electron chi connectivity index (χ4n) is 1.95. The minimum absolute atomic E-state index is 0.346. The van der Waals surface area contributed by atoms with Gasteiger partial charge in [0, 0.05) is 25.4 Å². The number of aryl methyl sites for hydroxylation is 1. The minimum Gasteiger partial charge on any atom is -0.400 e. The van der Waals surface area contributed by atoms with E-state index in [1.807, 2.05) is 47.0 Å². The summed E-state index contributed by atoms with van der Waals surface area (Å²) in [6.07, 6.45) is 5.71. The molecule has 1 fully saturated rings. The fraction of sp³-hybridized carbons (Fsp3) is 0.615. The lowest BCUT2D eigenvalue weighted by atomic mass is 9.77. The fourth-order valence-corrected chi connectivity index (χ4v) is 1.95. The molecule has 104 valence electrons. The molecule has 1 aromatic heterocycles. The highest BCUT2D eigenvalue weighted by Gasteiger charge is 2.52. The maximum atomic E-state index is 6.00. The molecular weight excluding hydrogens is 241 g/mol. The second-order valence-electron chi connectivity index (χ2n) is 5.96. The maximum absolute atomic E-state index is 6.00. The summed E-state index contributed by atoms with van der Waals surface area (Å²) in [5.74, 6) is 0. The van der Waals surface area contributed by atoms with Crippen LogP contribution in [0.3, 0.4) is 0 Å². The van der Waals surface area contributed by atoms with E-state index < -0.39 is 7.12 Å². The van der Waals surface area contributed by atoms with Crippen molar-refractivity contribution in [2.45, 2.75) is 38.9 Å². The van der Waals surface area contributed by atoms with Crippen molar-refractivity contribution in [3.05, 3.63) is 23.4 Å². The average Bonchev–Trinajstić information content (AvgIpc) is 2.78. The van der Waals surface area contributed by atoms with Gasteiger partial charge in [0.05, 0.1) is 17.4 Å². The van der Waals surface area contributed by atoms with Gasteiger partial charge >= 0.3 is 7.12 Å². The van der Waals surface area contributed by atoms with Crippen molar-refractivity contribution in [1.82, 2.24) is 9.78 Å². The molecule has 19 heavy (non-hydrogen) atoms. The summed E-state index contributed by atoms with van der Waals surface area (Å²) < 4.78 is 13.8. The Morgan fingerprint density at radius 1 is 1.37 bits per heavy atom. The Morgan fingerprint density at radius 3 is 2.37 bits per heavy atom. The van der Waals surface area contributed by atoms with E-state index in [2.05, 4.69) is 5.10 Å². The Bertz CT molecular complexity index is 478. The molecule has 0 saturated carbocycles. The molecule has 5 nitrogen and oxygen atoms in total. The standard InChI is InChI=1S/C13H22BN3O2/c1-12(2)13(3,4)19-14(18-12)11(7-15)6-10-8-16-17(5)9-10/h6,8-9H,7,15H2,1-5H3. The zero-order valence-electron chi connectivity index (χ0n) is 12.3. The highest BCUT2D eigenvalue weighted by atomic mass is 16.7. The summed E-state index contributed by atoms with van der Waals surface area (Å²) in [5, 5.41) is 4.14. The van der Waals surface area contributed by atoms with Crippen LogP contribution in [0.4, 0.5) is 0 Å². The summed E-state index contributed by atoms with van der Waals surface area (Å²) in [4.78, 5) is 0.